The van der Waals surface area contributed by atoms with Crippen molar-refractivity contribution >= 4 is 27.2 Å². The molecule has 2 heterocycles. The van der Waals surface area contributed by atoms with E-state index >= 15 is 0 Å². The molecule has 0 aromatic carbocycles. The molecular formula is C10H9BrN2O. The predicted octanol–water partition coefficient (Wildman–Crippen LogP) is 2.23. The molecule has 2 aromatic rings. The molecule has 2 rings (SSSR count). The molecule has 14 heavy (non-hydrogen) atoms. The van der Waals surface area contributed by atoms with Gasteiger partial charge in [-0.25, -0.2) is 4.98 Å². The van der Waals surface area contributed by atoms with Gasteiger partial charge in [0.1, 0.15) is 5.78 Å². The molecule has 0 spiro atoms. The summed E-state index contributed by atoms with van der Waals surface area (Å²) in [5, 5.41) is 0. The van der Waals surface area contributed by atoms with Gasteiger partial charge in [-0.1, -0.05) is 0 Å². The van der Waals surface area contributed by atoms with Crippen molar-refractivity contribution in [2.75, 3.05) is 0 Å². The van der Waals surface area contributed by atoms with Crippen LogP contribution < -0.4 is 0 Å². The normalized spacial score (nSPS) is 10.7. The highest BCUT2D eigenvalue weighted by atomic mass is 79.9. The molecule has 0 bridgehead atoms. The predicted molar refractivity (Wildman–Crippen MR) is 57.3 cm³/mol. The number of Topliss-reactive ketones (excluding diaryl/α,β-unsaturated/α-hetero) is 1. The van der Waals surface area contributed by atoms with E-state index < -0.39 is 0 Å². The summed E-state index contributed by atoms with van der Waals surface area (Å²) >= 11 is 3.33. The lowest BCUT2D eigenvalue weighted by Gasteiger charge is -1.99. The van der Waals surface area contributed by atoms with Crippen LogP contribution in [-0.2, 0) is 11.2 Å². The summed E-state index contributed by atoms with van der Waals surface area (Å²) in [6.45, 7) is 1.59. The van der Waals surface area contributed by atoms with Crippen LogP contribution >= 0.6 is 15.9 Å². The second kappa shape index (κ2) is 3.53. The van der Waals surface area contributed by atoms with Gasteiger partial charge in [0.2, 0.25) is 0 Å². The Bertz CT molecular complexity index is 490. The number of halogens is 1. The van der Waals surface area contributed by atoms with Crippen LogP contribution in [0, 0.1) is 0 Å². The maximum Gasteiger partial charge on any atom is 0.181 e. The molecule has 72 valence electrons. The first-order valence-electron chi connectivity index (χ1n) is 4.28. The van der Waals surface area contributed by atoms with Crippen LogP contribution in [-0.4, -0.2) is 15.2 Å². The fourth-order valence-corrected chi connectivity index (χ4v) is 1.84. The fourth-order valence-electron chi connectivity index (χ4n) is 1.41. The maximum atomic E-state index is 10.9. The van der Waals surface area contributed by atoms with Gasteiger partial charge >= 0.3 is 0 Å². The maximum absolute atomic E-state index is 10.9. The second-order valence-electron chi connectivity index (χ2n) is 3.24. The van der Waals surface area contributed by atoms with Gasteiger partial charge in [0.05, 0.1) is 11.7 Å². The highest BCUT2D eigenvalue weighted by molar-refractivity contribution is 9.10. The van der Waals surface area contributed by atoms with E-state index in [-0.39, 0.29) is 5.78 Å². The largest absolute Gasteiger partial charge is 0.300 e. The Balaban J connectivity index is 2.46. The van der Waals surface area contributed by atoms with Crippen molar-refractivity contribution in [1.82, 2.24) is 9.38 Å². The van der Waals surface area contributed by atoms with E-state index in [2.05, 4.69) is 20.9 Å². The molecular weight excluding hydrogens is 244 g/mol. The Labute approximate surface area is 89.9 Å². The van der Waals surface area contributed by atoms with Crippen molar-refractivity contribution in [3.8, 4) is 0 Å². The topological polar surface area (TPSA) is 34.4 Å². The highest BCUT2D eigenvalue weighted by Crippen LogP contribution is 2.14. The average Bonchev–Trinajstić information content (AvgIpc) is 2.46. The number of hydrogen-bond acceptors (Lipinski definition) is 2. The van der Waals surface area contributed by atoms with Crippen molar-refractivity contribution in [2.24, 2.45) is 0 Å². The molecule has 0 aliphatic rings. The Hall–Kier alpha value is -1.16. The third-order valence-corrected chi connectivity index (χ3v) is 2.59. The molecule has 2 aromatic heterocycles. The minimum atomic E-state index is 0.174. The lowest BCUT2D eigenvalue weighted by Crippen LogP contribution is -1.97. The number of pyridine rings is 1. The third-order valence-electron chi connectivity index (χ3n) is 2.00. The molecule has 0 atom stereocenters. The third kappa shape index (κ3) is 1.70. The molecule has 0 aliphatic carbocycles. The van der Waals surface area contributed by atoms with Crippen molar-refractivity contribution < 1.29 is 4.79 Å². The average molecular weight is 253 g/mol. The van der Waals surface area contributed by atoms with Crippen LogP contribution in [0.25, 0.3) is 5.52 Å². The molecule has 0 radical (unpaired) electrons. The first-order chi connectivity index (χ1) is 6.66. The van der Waals surface area contributed by atoms with Crippen molar-refractivity contribution in [3.63, 3.8) is 0 Å². The van der Waals surface area contributed by atoms with Crippen LogP contribution in [0.3, 0.4) is 0 Å². The number of rotatable bonds is 2. The number of carbonyl (C=O) groups is 1. The number of imidazole rings is 1. The number of nitrogens with zero attached hydrogens (tertiary/aromatic N) is 2. The SMILES string of the molecule is CC(=O)Cc1ccn2c(Br)ncc2c1. The molecule has 0 saturated heterocycles. The smallest absolute Gasteiger partial charge is 0.181 e. The minimum Gasteiger partial charge on any atom is -0.300 e. The van der Waals surface area contributed by atoms with E-state index in [0.717, 1.165) is 15.8 Å². The van der Waals surface area contributed by atoms with Gasteiger partial charge < -0.3 is 0 Å². The van der Waals surface area contributed by atoms with E-state index in [9.17, 15) is 4.79 Å². The molecule has 0 amide bonds. The van der Waals surface area contributed by atoms with E-state index in [4.69, 9.17) is 0 Å². The fraction of sp³-hybridized carbons (Fsp3) is 0.200. The zero-order valence-electron chi connectivity index (χ0n) is 7.70. The van der Waals surface area contributed by atoms with Gasteiger partial charge in [-0.3, -0.25) is 9.20 Å². The number of ketones is 1. The van der Waals surface area contributed by atoms with Gasteiger partial charge in [0.15, 0.2) is 4.73 Å². The quantitative estimate of drug-likeness (QED) is 0.822. The van der Waals surface area contributed by atoms with E-state index in [1.54, 1.807) is 13.1 Å². The van der Waals surface area contributed by atoms with E-state index in [0.29, 0.717) is 6.42 Å². The van der Waals surface area contributed by atoms with Gasteiger partial charge in [-0.15, -0.1) is 0 Å². The van der Waals surface area contributed by atoms with Gasteiger partial charge in [-0.2, -0.15) is 0 Å². The second-order valence-corrected chi connectivity index (χ2v) is 3.95. The monoisotopic (exact) mass is 252 g/mol. The summed E-state index contributed by atoms with van der Waals surface area (Å²) in [4.78, 5) is 15.0. The van der Waals surface area contributed by atoms with Crippen LogP contribution in [0.4, 0.5) is 0 Å². The minimum absolute atomic E-state index is 0.174. The van der Waals surface area contributed by atoms with Crippen LogP contribution in [0.5, 0.6) is 0 Å². The summed E-state index contributed by atoms with van der Waals surface area (Å²) in [5.41, 5.74) is 2.02. The molecule has 0 fully saturated rings. The zero-order chi connectivity index (χ0) is 10.1. The highest BCUT2D eigenvalue weighted by Gasteiger charge is 2.02. The number of hydrogen-bond donors (Lipinski definition) is 0. The van der Waals surface area contributed by atoms with Crippen molar-refractivity contribution in [3.05, 3.63) is 34.8 Å². The summed E-state index contributed by atoms with van der Waals surface area (Å²) in [6.07, 6.45) is 4.16. The van der Waals surface area contributed by atoms with Gasteiger partial charge in [-0.05, 0) is 40.5 Å². The summed E-state index contributed by atoms with van der Waals surface area (Å²) in [7, 11) is 0. The van der Waals surface area contributed by atoms with Crippen LogP contribution in [0.1, 0.15) is 12.5 Å². The molecule has 0 saturated carbocycles. The number of aromatic nitrogens is 2. The Morgan fingerprint density at radius 1 is 1.64 bits per heavy atom. The van der Waals surface area contributed by atoms with E-state index in [1.165, 1.54) is 0 Å². The summed E-state index contributed by atoms with van der Waals surface area (Å²) < 4.78 is 2.70. The number of fused-ring (bicyclic) bond motifs is 1. The Morgan fingerprint density at radius 3 is 3.14 bits per heavy atom. The molecule has 0 N–H and O–H groups in total. The van der Waals surface area contributed by atoms with Crippen molar-refractivity contribution in [1.29, 1.82) is 0 Å². The van der Waals surface area contributed by atoms with Crippen LogP contribution in [0.15, 0.2) is 29.3 Å². The Kier molecular flexibility index (Phi) is 2.37. The van der Waals surface area contributed by atoms with Gasteiger partial charge in [0, 0.05) is 12.6 Å². The Morgan fingerprint density at radius 2 is 2.43 bits per heavy atom. The molecule has 3 nitrogen and oxygen atoms in total. The lowest BCUT2D eigenvalue weighted by molar-refractivity contribution is -0.116. The van der Waals surface area contributed by atoms with Crippen molar-refractivity contribution in [2.45, 2.75) is 13.3 Å². The summed E-state index contributed by atoms with van der Waals surface area (Å²) in [5.74, 6) is 0.174. The summed E-state index contributed by atoms with van der Waals surface area (Å²) in [6, 6.07) is 3.90. The standard InChI is InChI=1S/C10H9BrN2O/c1-7(14)4-8-2-3-13-9(5-8)6-12-10(13)11/h2-3,5-6H,4H2,1H3. The first kappa shape index (κ1) is 9.40. The zero-order valence-corrected chi connectivity index (χ0v) is 9.28. The molecule has 0 unspecified atom stereocenters. The van der Waals surface area contributed by atoms with Crippen LogP contribution in [0.2, 0.25) is 0 Å². The molecule has 0 aliphatic heterocycles. The molecule has 4 heteroatoms. The first-order valence-corrected chi connectivity index (χ1v) is 5.07. The van der Waals surface area contributed by atoms with Gasteiger partial charge in [0.25, 0.3) is 0 Å². The number of carbonyl (C=O) groups excluding carboxylic acids is 1. The lowest BCUT2D eigenvalue weighted by atomic mass is 10.1. The van der Waals surface area contributed by atoms with E-state index in [1.807, 2.05) is 22.7 Å².